The number of benzene rings is 2. The number of nitrogens with zero attached hydrogens (tertiary/aromatic N) is 1. The molecule has 4 rings (SSSR count). The largest absolute Gasteiger partial charge is 0.494 e. The summed E-state index contributed by atoms with van der Waals surface area (Å²) >= 11 is 0. The lowest BCUT2D eigenvalue weighted by atomic mass is 10.1. The minimum absolute atomic E-state index is 0.304. The number of rotatable bonds is 4. The normalized spacial score (nSPS) is 17.3. The first-order chi connectivity index (χ1) is 13.1. The summed E-state index contributed by atoms with van der Waals surface area (Å²) in [4.78, 5) is 14.9. The predicted octanol–water partition coefficient (Wildman–Crippen LogP) is 3.66. The van der Waals surface area contributed by atoms with E-state index in [1.54, 1.807) is 0 Å². The van der Waals surface area contributed by atoms with Crippen LogP contribution in [-0.2, 0) is 0 Å². The van der Waals surface area contributed by atoms with Gasteiger partial charge in [-0.25, -0.2) is 4.79 Å². The van der Waals surface area contributed by atoms with Gasteiger partial charge in [0.1, 0.15) is 11.5 Å². The van der Waals surface area contributed by atoms with Gasteiger partial charge < -0.3 is 19.4 Å². The first-order valence-electron chi connectivity index (χ1n) is 9.43. The van der Waals surface area contributed by atoms with Gasteiger partial charge in [0.15, 0.2) is 0 Å². The molecule has 0 radical (unpaired) electrons. The van der Waals surface area contributed by atoms with Crippen LogP contribution in [-0.4, -0.2) is 32.3 Å². The fourth-order valence-electron chi connectivity index (χ4n) is 3.56. The summed E-state index contributed by atoms with van der Waals surface area (Å²) in [6.07, 6.45) is 0. The lowest BCUT2D eigenvalue weighted by molar-refractivity contribution is 0.340. The number of hydrogen-bond acceptors (Lipinski definition) is 5. The highest BCUT2D eigenvalue weighted by Crippen LogP contribution is 2.27. The SMILES string of the molecule is CCOc1ccc(-c2cc3ccc(N4CCN[C@@H](C)C4)cc3c(=O)o2)cc1. The van der Waals surface area contributed by atoms with Gasteiger partial charge in [0, 0.05) is 36.9 Å². The molecule has 0 aliphatic carbocycles. The molecule has 2 heterocycles. The van der Waals surface area contributed by atoms with Crippen molar-refractivity contribution in [1.29, 1.82) is 0 Å². The van der Waals surface area contributed by atoms with Crippen molar-refractivity contribution >= 4 is 16.5 Å². The molecule has 1 N–H and O–H groups in total. The van der Waals surface area contributed by atoms with Gasteiger partial charge in [-0.2, -0.15) is 0 Å². The molecule has 1 fully saturated rings. The summed E-state index contributed by atoms with van der Waals surface area (Å²) in [6.45, 7) is 7.56. The summed E-state index contributed by atoms with van der Waals surface area (Å²) in [5.74, 6) is 1.37. The molecule has 2 aromatic carbocycles. The van der Waals surface area contributed by atoms with E-state index in [4.69, 9.17) is 9.15 Å². The maximum absolute atomic E-state index is 12.6. The molecule has 5 nitrogen and oxygen atoms in total. The van der Waals surface area contributed by atoms with E-state index in [9.17, 15) is 4.79 Å². The summed E-state index contributed by atoms with van der Waals surface area (Å²) in [6, 6.07) is 16.0. The third-order valence-electron chi connectivity index (χ3n) is 4.93. The van der Waals surface area contributed by atoms with Crippen LogP contribution in [0, 0.1) is 0 Å². The lowest BCUT2D eigenvalue weighted by Crippen LogP contribution is -2.49. The first-order valence-corrected chi connectivity index (χ1v) is 9.43. The Labute approximate surface area is 158 Å². The summed E-state index contributed by atoms with van der Waals surface area (Å²) in [7, 11) is 0. The molecule has 0 bridgehead atoms. The van der Waals surface area contributed by atoms with E-state index in [0.717, 1.165) is 42.0 Å². The molecule has 0 spiro atoms. The molecule has 1 atom stereocenters. The molecule has 140 valence electrons. The van der Waals surface area contributed by atoms with Crippen molar-refractivity contribution in [2.45, 2.75) is 19.9 Å². The van der Waals surface area contributed by atoms with Crippen molar-refractivity contribution in [2.24, 2.45) is 0 Å². The van der Waals surface area contributed by atoms with E-state index in [2.05, 4.69) is 23.2 Å². The van der Waals surface area contributed by atoms with Crippen LogP contribution in [0.2, 0.25) is 0 Å². The van der Waals surface area contributed by atoms with E-state index in [1.807, 2.05) is 49.4 Å². The van der Waals surface area contributed by atoms with Gasteiger partial charge in [-0.3, -0.25) is 0 Å². The molecular weight excluding hydrogens is 340 g/mol. The van der Waals surface area contributed by atoms with Crippen molar-refractivity contribution in [2.75, 3.05) is 31.1 Å². The molecular formula is C22H24N2O3. The molecule has 0 unspecified atom stereocenters. The van der Waals surface area contributed by atoms with Gasteiger partial charge in [-0.05, 0) is 61.7 Å². The van der Waals surface area contributed by atoms with Gasteiger partial charge in [-0.1, -0.05) is 6.07 Å². The van der Waals surface area contributed by atoms with Crippen molar-refractivity contribution in [3.63, 3.8) is 0 Å². The maximum Gasteiger partial charge on any atom is 0.344 e. The minimum atomic E-state index is -0.304. The molecule has 3 aromatic rings. The van der Waals surface area contributed by atoms with Gasteiger partial charge in [-0.15, -0.1) is 0 Å². The van der Waals surface area contributed by atoms with E-state index in [0.29, 0.717) is 23.8 Å². The van der Waals surface area contributed by atoms with Crippen molar-refractivity contribution in [3.05, 3.63) is 59.0 Å². The van der Waals surface area contributed by atoms with Crippen LogP contribution in [0.3, 0.4) is 0 Å². The second-order valence-corrected chi connectivity index (χ2v) is 6.93. The van der Waals surface area contributed by atoms with Gasteiger partial charge >= 0.3 is 5.63 Å². The standard InChI is InChI=1S/C22H24N2O3/c1-3-26-19-8-5-16(6-9-19)21-12-17-4-7-18(13-20(17)22(25)27-21)24-11-10-23-15(2)14-24/h4-9,12-13,15,23H,3,10-11,14H2,1-2H3/t15-/m0/s1. The Morgan fingerprint density at radius 1 is 1.19 bits per heavy atom. The molecule has 27 heavy (non-hydrogen) atoms. The quantitative estimate of drug-likeness (QED) is 0.766. The second kappa shape index (κ2) is 7.45. The third-order valence-corrected chi connectivity index (χ3v) is 4.93. The number of fused-ring (bicyclic) bond motifs is 1. The van der Waals surface area contributed by atoms with Crippen LogP contribution in [0.5, 0.6) is 5.75 Å². The van der Waals surface area contributed by atoms with Crippen LogP contribution >= 0.6 is 0 Å². The number of hydrogen-bond donors (Lipinski definition) is 1. The van der Waals surface area contributed by atoms with Crippen LogP contribution in [0.4, 0.5) is 5.69 Å². The third kappa shape index (κ3) is 3.69. The number of anilines is 1. The smallest absolute Gasteiger partial charge is 0.344 e. The predicted molar refractivity (Wildman–Crippen MR) is 109 cm³/mol. The Morgan fingerprint density at radius 3 is 2.74 bits per heavy atom. The van der Waals surface area contributed by atoms with Crippen LogP contribution in [0.1, 0.15) is 13.8 Å². The highest BCUT2D eigenvalue weighted by molar-refractivity contribution is 5.87. The molecule has 1 saturated heterocycles. The van der Waals surface area contributed by atoms with Gasteiger partial charge in [0.05, 0.1) is 12.0 Å². The zero-order valence-corrected chi connectivity index (χ0v) is 15.7. The molecule has 1 aliphatic heterocycles. The van der Waals surface area contributed by atoms with Gasteiger partial charge in [0.25, 0.3) is 0 Å². The van der Waals surface area contributed by atoms with Crippen LogP contribution in [0.15, 0.2) is 57.7 Å². The fraction of sp³-hybridized carbons (Fsp3) is 0.318. The zero-order chi connectivity index (χ0) is 18.8. The Balaban J connectivity index is 1.68. The molecule has 1 aliphatic rings. The van der Waals surface area contributed by atoms with Crippen molar-refractivity contribution in [3.8, 4) is 17.1 Å². The van der Waals surface area contributed by atoms with Crippen molar-refractivity contribution in [1.82, 2.24) is 5.32 Å². The highest BCUT2D eigenvalue weighted by Gasteiger charge is 2.17. The number of nitrogens with one attached hydrogen (secondary N) is 1. The first kappa shape index (κ1) is 17.6. The van der Waals surface area contributed by atoms with E-state index in [1.165, 1.54) is 0 Å². The fourth-order valence-corrected chi connectivity index (χ4v) is 3.56. The number of piperazine rings is 1. The average Bonchev–Trinajstić information content (AvgIpc) is 2.68. The highest BCUT2D eigenvalue weighted by atomic mass is 16.5. The Kier molecular flexibility index (Phi) is 4.86. The van der Waals surface area contributed by atoms with Crippen LogP contribution < -0.4 is 20.6 Å². The number of ether oxygens (including phenoxy) is 1. The summed E-state index contributed by atoms with van der Waals surface area (Å²) in [5, 5.41) is 4.95. The molecule has 1 aromatic heterocycles. The summed E-state index contributed by atoms with van der Waals surface area (Å²) < 4.78 is 11.1. The Hall–Kier alpha value is -2.79. The zero-order valence-electron chi connectivity index (χ0n) is 15.7. The lowest BCUT2D eigenvalue weighted by Gasteiger charge is -2.33. The monoisotopic (exact) mass is 364 g/mol. The molecule has 0 saturated carbocycles. The van der Waals surface area contributed by atoms with Gasteiger partial charge in [0.2, 0.25) is 0 Å². The Morgan fingerprint density at radius 2 is 2.00 bits per heavy atom. The summed E-state index contributed by atoms with van der Waals surface area (Å²) in [5.41, 5.74) is 1.62. The Bertz CT molecular complexity index is 995. The second-order valence-electron chi connectivity index (χ2n) is 6.93. The molecule has 5 heteroatoms. The topological polar surface area (TPSA) is 54.7 Å². The van der Waals surface area contributed by atoms with E-state index < -0.39 is 0 Å². The average molecular weight is 364 g/mol. The van der Waals surface area contributed by atoms with Crippen LogP contribution in [0.25, 0.3) is 22.1 Å². The minimum Gasteiger partial charge on any atom is -0.494 e. The van der Waals surface area contributed by atoms with Crippen molar-refractivity contribution < 1.29 is 9.15 Å². The maximum atomic E-state index is 12.6. The van der Waals surface area contributed by atoms with E-state index in [-0.39, 0.29) is 5.63 Å². The molecule has 0 amide bonds. The van der Waals surface area contributed by atoms with E-state index >= 15 is 0 Å².